The van der Waals surface area contributed by atoms with E-state index in [1.807, 2.05) is 24.3 Å². The predicted octanol–water partition coefficient (Wildman–Crippen LogP) is 3.69. The summed E-state index contributed by atoms with van der Waals surface area (Å²) in [5.41, 5.74) is 0.633. The largest absolute Gasteiger partial charge is 0.462 e. The van der Waals surface area contributed by atoms with Crippen LogP contribution in [0.15, 0.2) is 29.2 Å². The summed E-state index contributed by atoms with van der Waals surface area (Å²) in [4.78, 5) is 15.4. The summed E-state index contributed by atoms with van der Waals surface area (Å²) in [5, 5.41) is 0. The third-order valence-corrected chi connectivity index (χ3v) is 4.04. The Morgan fingerprint density at radius 3 is 2.35 bits per heavy atom. The van der Waals surface area contributed by atoms with Crippen molar-refractivity contribution in [2.24, 2.45) is 0 Å². The topological polar surface area (TPSA) is 29.5 Å². The fourth-order valence-corrected chi connectivity index (χ4v) is 2.59. The van der Waals surface area contributed by atoms with Gasteiger partial charge in [-0.3, -0.25) is 0 Å². The number of hydrogen-bond donors (Lipinski definition) is 0. The Morgan fingerprint density at radius 1 is 1.15 bits per heavy atom. The maximum atomic E-state index is 11.9. The maximum absolute atomic E-state index is 11.9. The van der Waals surface area contributed by atoms with Crippen LogP contribution < -0.4 is 0 Å². The molecule has 0 saturated heterocycles. The number of ether oxygens (including phenoxy) is 1. The molecule has 0 aliphatic rings. The molecule has 4 heteroatoms. The van der Waals surface area contributed by atoms with Crippen LogP contribution in [0, 0.1) is 0 Å². The van der Waals surface area contributed by atoms with E-state index in [-0.39, 0.29) is 5.97 Å². The van der Waals surface area contributed by atoms with E-state index in [0.717, 1.165) is 31.8 Å². The van der Waals surface area contributed by atoms with Gasteiger partial charge in [0.25, 0.3) is 0 Å². The van der Waals surface area contributed by atoms with Crippen molar-refractivity contribution in [1.29, 1.82) is 0 Å². The number of esters is 1. The minimum absolute atomic E-state index is 0.224. The standard InChI is InChI=1S/C16H25NO2S/c1-4-17(5-2)12-7-13-19-16(18)14-8-10-15(11-9-14)20-6-3/h8-11H,4-7,12-13H2,1-3H3. The highest BCUT2D eigenvalue weighted by atomic mass is 32.2. The van der Waals surface area contributed by atoms with E-state index in [1.54, 1.807) is 11.8 Å². The fraction of sp³-hybridized carbons (Fsp3) is 0.562. The van der Waals surface area contributed by atoms with Crippen LogP contribution in [0.4, 0.5) is 0 Å². The summed E-state index contributed by atoms with van der Waals surface area (Å²) in [6, 6.07) is 7.62. The molecule has 0 radical (unpaired) electrons. The van der Waals surface area contributed by atoms with Crippen molar-refractivity contribution in [1.82, 2.24) is 4.90 Å². The van der Waals surface area contributed by atoms with Gasteiger partial charge in [0.05, 0.1) is 12.2 Å². The summed E-state index contributed by atoms with van der Waals surface area (Å²) in [5.74, 6) is 0.812. The molecule has 1 rings (SSSR count). The molecule has 1 aromatic rings. The third-order valence-electron chi connectivity index (χ3n) is 3.15. The van der Waals surface area contributed by atoms with Gasteiger partial charge in [-0.1, -0.05) is 20.8 Å². The first-order valence-electron chi connectivity index (χ1n) is 7.33. The molecule has 0 aliphatic carbocycles. The lowest BCUT2D eigenvalue weighted by molar-refractivity contribution is 0.0489. The van der Waals surface area contributed by atoms with Gasteiger partial charge in [0.1, 0.15) is 0 Å². The van der Waals surface area contributed by atoms with Gasteiger partial charge >= 0.3 is 5.97 Å². The molecule has 0 aliphatic heterocycles. The molecule has 3 nitrogen and oxygen atoms in total. The Balaban J connectivity index is 2.32. The van der Waals surface area contributed by atoms with Crippen molar-refractivity contribution in [3.63, 3.8) is 0 Å². The Hall–Kier alpha value is -1.00. The highest BCUT2D eigenvalue weighted by Crippen LogP contribution is 2.18. The summed E-state index contributed by atoms with van der Waals surface area (Å²) in [6.07, 6.45) is 0.886. The average molecular weight is 295 g/mol. The first kappa shape index (κ1) is 17.1. The third kappa shape index (κ3) is 5.97. The molecule has 0 bridgehead atoms. The molecule has 20 heavy (non-hydrogen) atoms. The second kappa shape index (κ2) is 9.83. The lowest BCUT2D eigenvalue weighted by Crippen LogP contribution is -2.25. The van der Waals surface area contributed by atoms with E-state index in [2.05, 4.69) is 25.7 Å². The number of nitrogens with zero attached hydrogens (tertiary/aromatic N) is 1. The second-order valence-electron chi connectivity index (χ2n) is 4.47. The molecule has 0 amide bonds. The van der Waals surface area contributed by atoms with Gasteiger partial charge < -0.3 is 9.64 Å². The predicted molar refractivity (Wildman–Crippen MR) is 85.5 cm³/mol. The lowest BCUT2D eigenvalue weighted by Gasteiger charge is -2.17. The summed E-state index contributed by atoms with van der Waals surface area (Å²) < 4.78 is 5.29. The van der Waals surface area contributed by atoms with Crippen LogP contribution in [0.1, 0.15) is 37.6 Å². The number of hydrogen-bond acceptors (Lipinski definition) is 4. The maximum Gasteiger partial charge on any atom is 0.338 e. The molecule has 0 atom stereocenters. The zero-order valence-electron chi connectivity index (χ0n) is 12.7. The number of rotatable bonds is 9. The van der Waals surface area contributed by atoms with E-state index < -0.39 is 0 Å². The molecule has 0 heterocycles. The quantitative estimate of drug-likeness (QED) is 0.395. The van der Waals surface area contributed by atoms with E-state index >= 15 is 0 Å². The van der Waals surface area contributed by atoms with E-state index in [4.69, 9.17) is 4.74 Å². The summed E-state index contributed by atoms with van der Waals surface area (Å²) in [6.45, 7) is 9.95. The molecular weight excluding hydrogens is 270 g/mol. The van der Waals surface area contributed by atoms with Crippen molar-refractivity contribution in [3.05, 3.63) is 29.8 Å². The minimum atomic E-state index is -0.224. The number of benzene rings is 1. The second-order valence-corrected chi connectivity index (χ2v) is 5.81. The van der Waals surface area contributed by atoms with Crippen LogP contribution in [0.5, 0.6) is 0 Å². The van der Waals surface area contributed by atoms with Gasteiger partial charge in [0, 0.05) is 11.4 Å². The fourth-order valence-electron chi connectivity index (χ4n) is 1.93. The molecule has 0 saturated carbocycles. The molecular formula is C16H25NO2S. The Labute approximate surface area is 126 Å². The van der Waals surface area contributed by atoms with E-state index in [1.165, 1.54) is 4.90 Å². The van der Waals surface area contributed by atoms with Crippen LogP contribution in [0.25, 0.3) is 0 Å². The number of carbonyl (C=O) groups excluding carboxylic acids is 1. The molecule has 0 fully saturated rings. The van der Waals surface area contributed by atoms with Gasteiger partial charge in [-0.15, -0.1) is 11.8 Å². The van der Waals surface area contributed by atoms with Crippen molar-refractivity contribution >= 4 is 17.7 Å². The van der Waals surface area contributed by atoms with Gasteiger partial charge in [0.2, 0.25) is 0 Å². The first-order chi connectivity index (χ1) is 9.71. The van der Waals surface area contributed by atoms with Gasteiger partial charge in [-0.05, 0) is 49.5 Å². The zero-order valence-corrected chi connectivity index (χ0v) is 13.5. The Bertz CT molecular complexity index is 388. The molecule has 112 valence electrons. The molecule has 0 spiro atoms. The van der Waals surface area contributed by atoms with Crippen molar-refractivity contribution in [2.75, 3.05) is 32.0 Å². The van der Waals surface area contributed by atoms with Gasteiger partial charge in [-0.25, -0.2) is 4.79 Å². The molecule has 0 unspecified atom stereocenters. The van der Waals surface area contributed by atoms with Gasteiger partial charge in [-0.2, -0.15) is 0 Å². The van der Waals surface area contributed by atoms with Crippen molar-refractivity contribution < 1.29 is 9.53 Å². The Morgan fingerprint density at radius 2 is 1.80 bits per heavy atom. The van der Waals surface area contributed by atoms with E-state index in [9.17, 15) is 4.79 Å². The Kier molecular flexibility index (Phi) is 8.38. The monoisotopic (exact) mass is 295 g/mol. The van der Waals surface area contributed by atoms with Crippen LogP contribution in [-0.2, 0) is 4.74 Å². The van der Waals surface area contributed by atoms with Crippen LogP contribution in [0.2, 0.25) is 0 Å². The smallest absolute Gasteiger partial charge is 0.338 e. The lowest BCUT2D eigenvalue weighted by atomic mass is 10.2. The SMILES string of the molecule is CCSc1ccc(C(=O)OCCCN(CC)CC)cc1. The highest BCUT2D eigenvalue weighted by Gasteiger charge is 2.07. The molecule has 0 aromatic heterocycles. The molecule has 0 N–H and O–H groups in total. The summed E-state index contributed by atoms with van der Waals surface area (Å²) in [7, 11) is 0. The average Bonchev–Trinajstić information content (AvgIpc) is 2.48. The van der Waals surface area contributed by atoms with E-state index in [0.29, 0.717) is 12.2 Å². The number of thioether (sulfide) groups is 1. The van der Waals surface area contributed by atoms with Crippen molar-refractivity contribution in [2.45, 2.75) is 32.1 Å². The first-order valence-corrected chi connectivity index (χ1v) is 8.32. The van der Waals surface area contributed by atoms with Gasteiger partial charge in [0.15, 0.2) is 0 Å². The summed E-state index contributed by atoms with van der Waals surface area (Å²) >= 11 is 1.77. The van der Waals surface area contributed by atoms with Crippen LogP contribution >= 0.6 is 11.8 Å². The molecule has 1 aromatic carbocycles. The van der Waals surface area contributed by atoms with Crippen LogP contribution in [0.3, 0.4) is 0 Å². The van der Waals surface area contributed by atoms with Crippen LogP contribution in [-0.4, -0.2) is 42.9 Å². The number of carbonyl (C=O) groups is 1. The normalized spacial score (nSPS) is 10.8. The minimum Gasteiger partial charge on any atom is -0.462 e. The van der Waals surface area contributed by atoms with Crippen molar-refractivity contribution in [3.8, 4) is 0 Å². The zero-order chi connectivity index (χ0) is 14.8. The highest BCUT2D eigenvalue weighted by molar-refractivity contribution is 7.99.